The second kappa shape index (κ2) is 5.46. The van der Waals surface area contributed by atoms with Crippen LogP contribution in [0, 0.1) is 11.3 Å². The predicted octanol–water partition coefficient (Wildman–Crippen LogP) is 2.47. The Labute approximate surface area is 88.9 Å². The minimum absolute atomic E-state index is 0.499. The fourth-order valence-corrected chi connectivity index (χ4v) is 1.23. The Morgan fingerprint density at radius 3 is 2.93 bits per heavy atom. The molecule has 14 heavy (non-hydrogen) atoms. The minimum atomic E-state index is 0.499. The van der Waals surface area contributed by atoms with Crippen LogP contribution in [0.2, 0.25) is 5.15 Å². The number of nitriles is 1. The van der Waals surface area contributed by atoms with Crippen LogP contribution in [0.5, 0.6) is 0 Å². The summed E-state index contributed by atoms with van der Waals surface area (Å²) in [6, 6.07) is 5.80. The molecule has 1 rings (SSSR count). The Morgan fingerprint density at radius 1 is 1.57 bits per heavy atom. The highest BCUT2D eigenvalue weighted by Crippen LogP contribution is 2.13. The molecule has 0 amide bonds. The number of pyridine rings is 1. The van der Waals surface area contributed by atoms with Crippen LogP contribution in [0.15, 0.2) is 18.3 Å². The van der Waals surface area contributed by atoms with Gasteiger partial charge in [-0.2, -0.15) is 5.26 Å². The smallest absolute Gasteiger partial charge is 0.129 e. The molecule has 3 nitrogen and oxygen atoms in total. The van der Waals surface area contributed by atoms with Gasteiger partial charge in [0.15, 0.2) is 0 Å². The number of nitrogens with zero attached hydrogens (tertiary/aromatic N) is 3. The first-order chi connectivity index (χ1) is 6.74. The number of hydrogen-bond donors (Lipinski definition) is 0. The molecule has 0 radical (unpaired) electrons. The van der Waals surface area contributed by atoms with Crippen LogP contribution < -0.4 is 4.90 Å². The number of anilines is 1. The lowest BCUT2D eigenvalue weighted by atomic mass is 10.3. The Balaban J connectivity index is 2.48. The van der Waals surface area contributed by atoms with Crippen molar-refractivity contribution in [3.63, 3.8) is 0 Å². The summed E-state index contributed by atoms with van der Waals surface area (Å²) >= 11 is 5.67. The topological polar surface area (TPSA) is 39.9 Å². The summed E-state index contributed by atoms with van der Waals surface area (Å²) < 4.78 is 0. The Bertz CT molecular complexity index is 315. The van der Waals surface area contributed by atoms with E-state index in [0.29, 0.717) is 11.6 Å². The van der Waals surface area contributed by atoms with Gasteiger partial charge < -0.3 is 4.90 Å². The van der Waals surface area contributed by atoms with E-state index >= 15 is 0 Å². The quantitative estimate of drug-likeness (QED) is 0.565. The maximum atomic E-state index is 8.39. The lowest BCUT2D eigenvalue weighted by Gasteiger charge is -2.17. The first kappa shape index (κ1) is 10.8. The van der Waals surface area contributed by atoms with Crippen LogP contribution in [0.3, 0.4) is 0 Å². The van der Waals surface area contributed by atoms with Crippen LogP contribution in [0.1, 0.15) is 12.8 Å². The number of hydrogen-bond acceptors (Lipinski definition) is 3. The highest BCUT2D eigenvalue weighted by Gasteiger charge is 2.00. The van der Waals surface area contributed by atoms with Gasteiger partial charge in [-0.15, -0.1) is 0 Å². The van der Waals surface area contributed by atoms with Crippen LogP contribution in [0.25, 0.3) is 0 Å². The number of rotatable bonds is 4. The molecule has 0 aliphatic rings. The molecule has 1 aromatic heterocycles. The molecule has 0 spiro atoms. The van der Waals surface area contributed by atoms with Crippen LogP contribution >= 0.6 is 11.6 Å². The molecule has 74 valence electrons. The normalized spacial score (nSPS) is 9.50. The first-order valence-electron chi connectivity index (χ1n) is 4.43. The largest absolute Gasteiger partial charge is 0.373 e. The Kier molecular flexibility index (Phi) is 4.21. The Morgan fingerprint density at radius 2 is 2.36 bits per heavy atom. The average molecular weight is 210 g/mol. The van der Waals surface area contributed by atoms with E-state index in [1.807, 2.05) is 13.1 Å². The molecular formula is C10H12ClN3. The van der Waals surface area contributed by atoms with Gasteiger partial charge in [0.05, 0.1) is 18.0 Å². The fraction of sp³-hybridized carbons (Fsp3) is 0.400. The van der Waals surface area contributed by atoms with Gasteiger partial charge >= 0.3 is 0 Å². The zero-order valence-electron chi connectivity index (χ0n) is 8.07. The molecule has 0 saturated heterocycles. The lowest BCUT2D eigenvalue weighted by molar-refractivity contribution is 0.805. The van der Waals surface area contributed by atoms with Crippen LogP contribution in [0.4, 0.5) is 5.69 Å². The highest BCUT2D eigenvalue weighted by molar-refractivity contribution is 6.29. The number of halogens is 1. The van der Waals surface area contributed by atoms with E-state index in [2.05, 4.69) is 16.0 Å². The van der Waals surface area contributed by atoms with Gasteiger partial charge in [-0.05, 0) is 18.6 Å². The molecule has 1 heterocycles. The summed E-state index contributed by atoms with van der Waals surface area (Å²) in [6.45, 7) is 0.858. The SMILES string of the molecule is CN(CCCC#N)c1ccc(Cl)nc1. The van der Waals surface area contributed by atoms with Gasteiger partial charge in [-0.1, -0.05) is 11.6 Å². The fourth-order valence-electron chi connectivity index (χ4n) is 1.12. The summed E-state index contributed by atoms with van der Waals surface area (Å²) in [5.41, 5.74) is 1.02. The molecule has 0 saturated carbocycles. The third-order valence-corrected chi connectivity index (χ3v) is 2.16. The zero-order chi connectivity index (χ0) is 10.4. The van der Waals surface area contributed by atoms with Crippen LogP contribution in [-0.2, 0) is 0 Å². The molecule has 0 fully saturated rings. The number of unbranched alkanes of at least 4 members (excludes halogenated alkanes) is 1. The summed E-state index contributed by atoms with van der Waals surface area (Å²) in [7, 11) is 1.97. The minimum Gasteiger partial charge on any atom is -0.373 e. The second-order valence-corrected chi connectivity index (χ2v) is 3.41. The van der Waals surface area contributed by atoms with E-state index in [1.54, 1.807) is 12.3 Å². The lowest BCUT2D eigenvalue weighted by Crippen LogP contribution is -2.18. The predicted molar refractivity (Wildman–Crippen MR) is 57.4 cm³/mol. The summed E-state index contributed by atoms with van der Waals surface area (Å²) in [4.78, 5) is 6.04. The van der Waals surface area contributed by atoms with Crippen molar-refractivity contribution >= 4 is 17.3 Å². The summed E-state index contributed by atoms with van der Waals surface area (Å²) in [6.07, 6.45) is 3.19. The molecular weight excluding hydrogens is 198 g/mol. The monoisotopic (exact) mass is 209 g/mol. The second-order valence-electron chi connectivity index (χ2n) is 3.02. The van der Waals surface area contributed by atoms with Crippen molar-refractivity contribution in [1.82, 2.24) is 4.98 Å². The molecule has 1 aromatic rings. The molecule has 0 aliphatic heterocycles. The molecule has 4 heteroatoms. The molecule has 0 bridgehead atoms. The van der Waals surface area contributed by atoms with Gasteiger partial charge in [0.25, 0.3) is 0 Å². The third-order valence-electron chi connectivity index (χ3n) is 1.93. The maximum absolute atomic E-state index is 8.39. The van der Waals surface area contributed by atoms with Gasteiger partial charge in [0, 0.05) is 20.0 Å². The summed E-state index contributed by atoms with van der Waals surface area (Å²) in [5, 5.41) is 8.89. The number of aromatic nitrogens is 1. The van der Waals surface area contributed by atoms with E-state index in [4.69, 9.17) is 16.9 Å². The van der Waals surface area contributed by atoms with Gasteiger partial charge in [0.1, 0.15) is 5.15 Å². The molecule has 0 aromatic carbocycles. The third kappa shape index (κ3) is 3.23. The average Bonchev–Trinajstić information content (AvgIpc) is 2.19. The Hall–Kier alpha value is -1.27. The van der Waals surface area contributed by atoms with Crippen molar-refractivity contribution in [3.05, 3.63) is 23.5 Å². The standard InChI is InChI=1S/C10H12ClN3/c1-14(7-3-2-6-12)9-4-5-10(11)13-8-9/h4-5,8H,2-3,7H2,1H3. The van der Waals surface area contributed by atoms with Crippen molar-refractivity contribution in [1.29, 1.82) is 5.26 Å². The maximum Gasteiger partial charge on any atom is 0.129 e. The molecule has 0 N–H and O–H groups in total. The van der Waals surface area contributed by atoms with Crippen LogP contribution in [-0.4, -0.2) is 18.6 Å². The van der Waals surface area contributed by atoms with E-state index in [0.717, 1.165) is 18.7 Å². The van der Waals surface area contributed by atoms with E-state index in [9.17, 15) is 0 Å². The summed E-state index contributed by atoms with van der Waals surface area (Å²) in [5.74, 6) is 0. The molecule has 0 atom stereocenters. The molecule has 0 unspecified atom stereocenters. The van der Waals surface area contributed by atoms with Crippen molar-refractivity contribution in [2.75, 3.05) is 18.5 Å². The van der Waals surface area contributed by atoms with E-state index < -0.39 is 0 Å². The van der Waals surface area contributed by atoms with E-state index in [-0.39, 0.29) is 0 Å². The van der Waals surface area contributed by atoms with E-state index in [1.165, 1.54) is 0 Å². The van der Waals surface area contributed by atoms with Gasteiger partial charge in [-0.3, -0.25) is 0 Å². The van der Waals surface area contributed by atoms with Gasteiger partial charge in [0.2, 0.25) is 0 Å². The molecule has 0 aliphatic carbocycles. The van der Waals surface area contributed by atoms with Gasteiger partial charge in [-0.25, -0.2) is 4.98 Å². The van der Waals surface area contributed by atoms with Crippen molar-refractivity contribution in [2.24, 2.45) is 0 Å². The highest BCUT2D eigenvalue weighted by atomic mass is 35.5. The van der Waals surface area contributed by atoms with Crippen molar-refractivity contribution < 1.29 is 0 Å². The zero-order valence-corrected chi connectivity index (χ0v) is 8.83. The van der Waals surface area contributed by atoms with Crippen molar-refractivity contribution in [3.8, 4) is 6.07 Å². The van der Waals surface area contributed by atoms with Crippen molar-refractivity contribution in [2.45, 2.75) is 12.8 Å². The first-order valence-corrected chi connectivity index (χ1v) is 4.81.